The fourth-order valence-corrected chi connectivity index (χ4v) is 1.71. The normalized spacial score (nSPS) is 10.0. The fraction of sp³-hybridized carbons (Fsp3) is 0.500. The van der Waals surface area contributed by atoms with Crippen LogP contribution >= 0.6 is 0 Å². The van der Waals surface area contributed by atoms with Crippen LogP contribution in [0.25, 0.3) is 0 Å². The standard InChI is InChI=1S/C13H20N2O.C5H10/c1-4-7-11(2)16-9-6-5-8-13-12(3)14-10-15-13;1-3-5-4-2/h4,10H,1-2,5-9H2,3H3,(H,14,15);3,5H,4H2,1-2H3/b;5-3-. The van der Waals surface area contributed by atoms with E-state index in [9.17, 15) is 0 Å². The molecule has 1 aromatic heterocycles. The van der Waals surface area contributed by atoms with Gasteiger partial charge in [-0.3, -0.25) is 0 Å². The van der Waals surface area contributed by atoms with Gasteiger partial charge in [-0.2, -0.15) is 0 Å². The zero-order valence-electron chi connectivity index (χ0n) is 13.8. The number of aryl methyl sites for hydroxylation is 2. The average Bonchev–Trinajstić information content (AvgIpc) is 2.86. The second-order valence-corrected chi connectivity index (χ2v) is 4.79. The molecule has 118 valence electrons. The predicted molar refractivity (Wildman–Crippen MR) is 91.3 cm³/mol. The van der Waals surface area contributed by atoms with Gasteiger partial charge in [0.15, 0.2) is 0 Å². The second-order valence-electron chi connectivity index (χ2n) is 4.79. The third-order valence-corrected chi connectivity index (χ3v) is 2.89. The van der Waals surface area contributed by atoms with Gasteiger partial charge < -0.3 is 9.72 Å². The first kappa shape index (κ1) is 19.2. The number of nitrogens with zero attached hydrogens (tertiary/aromatic N) is 1. The molecule has 0 aromatic carbocycles. The fourth-order valence-electron chi connectivity index (χ4n) is 1.71. The van der Waals surface area contributed by atoms with Crippen molar-refractivity contribution < 1.29 is 4.74 Å². The SMILES string of the molecule is C/C=C\CC.C=CCC(=C)OCCCCc1nc[nH]c1C. The number of H-pyrrole nitrogens is 1. The molecule has 1 aromatic rings. The molecule has 3 heteroatoms. The Hall–Kier alpha value is -1.77. The first-order valence-corrected chi connectivity index (χ1v) is 7.67. The van der Waals surface area contributed by atoms with Crippen molar-refractivity contribution >= 4 is 0 Å². The van der Waals surface area contributed by atoms with E-state index >= 15 is 0 Å². The number of rotatable bonds is 9. The van der Waals surface area contributed by atoms with Crippen molar-refractivity contribution in [2.45, 2.75) is 52.9 Å². The molecule has 1 heterocycles. The maximum absolute atomic E-state index is 5.44. The summed E-state index contributed by atoms with van der Waals surface area (Å²) in [6, 6.07) is 0. The molecule has 0 saturated heterocycles. The molecular formula is C18H30N2O. The summed E-state index contributed by atoms with van der Waals surface area (Å²) in [7, 11) is 0. The van der Waals surface area contributed by atoms with E-state index in [1.54, 1.807) is 12.4 Å². The molecule has 0 saturated carbocycles. The molecule has 0 fully saturated rings. The summed E-state index contributed by atoms with van der Waals surface area (Å²) in [5.41, 5.74) is 2.32. The van der Waals surface area contributed by atoms with Crippen LogP contribution < -0.4 is 0 Å². The number of hydrogen-bond acceptors (Lipinski definition) is 2. The maximum Gasteiger partial charge on any atom is 0.0925 e. The summed E-state index contributed by atoms with van der Waals surface area (Å²) in [5, 5.41) is 0. The third-order valence-electron chi connectivity index (χ3n) is 2.89. The van der Waals surface area contributed by atoms with Gasteiger partial charge in [-0.1, -0.05) is 31.7 Å². The summed E-state index contributed by atoms with van der Waals surface area (Å²) in [5.74, 6) is 0.797. The van der Waals surface area contributed by atoms with Crippen molar-refractivity contribution in [2.24, 2.45) is 0 Å². The Morgan fingerprint density at radius 3 is 2.67 bits per heavy atom. The minimum Gasteiger partial charge on any atom is -0.498 e. The second kappa shape index (κ2) is 13.2. The Morgan fingerprint density at radius 1 is 1.43 bits per heavy atom. The molecule has 0 radical (unpaired) electrons. The summed E-state index contributed by atoms with van der Waals surface area (Å²) in [6.45, 7) is 14.4. The highest BCUT2D eigenvalue weighted by Crippen LogP contribution is 2.07. The lowest BCUT2D eigenvalue weighted by Crippen LogP contribution is -1.96. The third kappa shape index (κ3) is 10.7. The van der Waals surface area contributed by atoms with Gasteiger partial charge in [0, 0.05) is 12.1 Å². The van der Waals surface area contributed by atoms with E-state index in [0.29, 0.717) is 0 Å². The van der Waals surface area contributed by atoms with Gasteiger partial charge in [0.05, 0.1) is 24.4 Å². The zero-order chi connectivity index (χ0) is 15.9. The number of ether oxygens (including phenoxy) is 1. The molecule has 1 rings (SSSR count). The van der Waals surface area contributed by atoms with Gasteiger partial charge in [-0.15, -0.1) is 6.58 Å². The van der Waals surface area contributed by atoms with Gasteiger partial charge in [0.25, 0.3) is 0 Å². The van der Waals surface area contributed by atoms with Crippen LogP contribution in [0.15, 0.2) is 43.5 Å². The Balaban J connectivity index is 0.000000690. The molecule has 0 spiro atoms. The molecule has 0 unspecified atom stereocenters. The highest BCUT2D eigenvalue weighted by Gasteiger charge is 2.00. The lowest BCUT2D eigenvalue weighted by Gasteiger charge is -2.06. The Kier molecular flexibility index (Phi) is 12.1. The van der Waals surface area contributed by atoms with Crippen molar-refractivity contribution in [3.8, 4) is 0 Å². The van der Waals surface area contributed by atoms with Crippen molar-refractivity contribution in [3.05, 3.63) is 54.9 Å². The van der Waals surface area contributed by atoms with Crippen molar-refractivity contribution in [1.29, 1.82) is 0 Å². The van der Waals surface area contributed by atoms with E-state index in [4.69, 9.17) is 4.74 Å². The Labute approximate surface area is 129 Å². The van der Waals surface area contributed by atoms with Crippen LogP contribution in [0.2, 0.25) is 0 Å². The van der Waals surface area contributed by atoms with Crippen LogP contribution in [0, 0.1) is 6.92 Å². The molecule has 0 aliphatic carbocycles. The number of unbranched alkanes of at least 4 members (excludes halogenated alkanes) is 1. The summed E-state index contributed by atoms with van der Waals surface area (Å²) in [4.78, 5) is 7.33. The van der Waals surface area contributed by atoms with Crippen molar-refractivity contribution in [1.82, 2.24) is 9.97 Å². The molecule has 0 amide bonds. The van der Waals surface area contributed by atoms with Crippen LogP contribution in [-0.2, 0) is 11.2 Å². The molecule has 1 N–H and O–H groups in total. The van der Waals surface area contributed by atoms with Crippen LogP contribution in [-0.4, -0.2) is 16.6 Å². The van der Waals surface area contributed by atoms with E-state index in [-0.39, 0.29) is 0 Å². The van der Waals surface area contributed by atoms with Gasteiger partial charge in [-0.25, -0.2) is 4.98 Å². The van der Waals surface area contributed by atoms with E-state index < -0.39 is 0 Å². The quantitative estimate of drug-likeness (QED) is 0.389. The van der Waals surface area contributed by atoms with E-state index in [2.05, 4.69) is 42.2 Å². The van der Waals surface area contributed by atoms with E-state index in [1.165, 1.54) is 0 Å². The van der Waals surface area contributed by atoms with Gasteiger partial charge in [0.1, 0.15) is 0 Å². The van der Waals surface area contributed by atoms with Gasteiger partial charge in [-0.05, 0) is 39.5 Å². The average molecular weight is 290 g/mol. The Morgan fingerprint density at radius 2 is 2.19 bits per heavy atom. The first-order valence-electron chi connectivity index (χ1n) is 7.67. The molecule has 0 bridgehead atoms. The molecule has 0 aliphatic heterocycles. The minimum atomic E-state index is 0.732. The number of imidazole rings is 1. The number of nitrogens with one attached hydrogen (secondary N) is 1. The lowest BCUT2D eigenvalue weighted by atomic mass is 10.2. The van der Waals surface area contributed by atoms with E-state index in [1.807, 2.05) is 13.8 Å². The topological polar surface area (TPSA) is 37.9 Å². The number of aromatic amines is 1. The molecular weight excluding hydrogens is 260 g/mol. The predicted octanol–water partition coefficient (Wildman–Crippen LogP) is 5.12. The van der Waals surface area contributed by atoms with E-state index in [0.717, 1.165) is 55.9 Å². The van der Waals surface area contributed by atoms with Gasteiger partial charge >= 0.3 is 0 Å². The van der Waals surface area contributed by atoms with Crippen molar-refractivity contribution in [2.75, 3.05) is 6.61 Å². The molecule has 0 atom stereocenters. The summed E-state index contributed by atoms with van der Waals surface area (Å²) < 4.78 is 5.44. The minimum absolute atomic E-state index is 0.732. The molecule has 3 nitrogen and oxygen atoms in total. The lowest BCUT2D eigenvalue weighted by molar-refractivity contribution is 0.203. The Bertz CT molecular complexity index is 419. The number of hydrogen-bond donors (Lipinski definition) is 1. The first-order chi connectivity index (χ1) is 10.2. The number of aromatic nitrogens is 2. The van der Waals surface area contributed by atoms with Crippen LogP contribution in [0.3, 0.4) is 0 Å². The summed E-state index contributed by atoms with van der Waals surface area (Å²) in [6.07, 6.45) is 12.7. The maximum atomic E-state index is 5.44. The van der Waals surface area contributed by atoms with Crippen LogP contribution in [0.1, 0.15) is 50.9 Å². The number of allylic oxidation sites excluding steroid dienone is 3. The van der Waals surface area contributed by atoms with Gasteiger partial charge in [0.2, 0.25) is 0 Å². The smallest absolute Gasteiger partial charge is 0.0925 e. The van der Waals surface area contributed by atoms with Crippen molar-refractivity contribution in [3.63, 3.8) is 0 Å². The highest BCUT2D eigenvalue weighted by molar-refractivity contribution is 5.08. The monoisotopic (exact) mass is 290 g/mol. The van der Waals surface area contributed by atoms with Crippen LogP contribution in [0.5, 0.6) is 0 Å². The van der Waals surface area contributed by atoms with Crippen LogP contribution in [0.4, 0.5) is 0 Å². The molecule has 0 aliphatic rings. The molecule has 21 heavy (non-hydrogen) atoms. The highest BCUT2D eigenvalue weighted by atomic mass is 16.5. The summed E-state index contributed by atoms with van der Waals surface area (Å²) >= 11 is 0. The zero-order valence-corrected chi connectivity index (χ0v) is 13.8. The largest absolute Gasteiger partial charge is 0.498 e.